The Morgan fingerprint density at radius 3 is 2.69 bits per heavy atom. The molecule has 4 rings (SSSR count). The van der Waals surface area contributed by atoms with Crippen LogP contribution in [-0.4, -0.2) is 21.8 Å². The Kier molecular flexibility index (Phi) is 5.17. The highest BCUT2D eigenvalue weighted by Gasteiger charge is 2.49. The highest BCUT2D eigenvalue weighted by atomic mass is 19.3. The normalized spacial score (nSPS) is 27.8. The maximum Gasteiger partial charge on any atom is 0.268 e. The lowest BCUT2D eigenvalue weighted by Gasteiger charge is -2.44. The first kappa shape index (κ1) is 20.0. The quantitative estimate of drug-likeness (QED) is 0.798. The number of fused-ring (bicyclic) bond motifs is 1. The van der Waals surface area contributed by atoms with Crippen molar-refractivity contribution in [3.63, 3.8) is 0 Å². The van der Waals surface area contributed by atoms with Crippen molar-refractivity contribution < 1.29 is 13.6 Å². The summed E-state index contributed by atoms with van der Waals surface area (Å²) < 4.78 is 29.4. The lowest BCUT2D eigenvalue weighted by molar-refractivity contribution is -0.108. The van der Waals surface area contributed by atoms with E-state index in [4.69, 9.17) is 5.73 Å². The predicted octanol–water partition coefficient (Wildman–Crippen LogP) is 4.37. The standard InChI is InChI=1S/C22H27F2N3O2/c1-12-9-14(13-5-3-2-4-6-13)15(11-22(12,23)24)17-10-18(28)19-16(27-17)7-8-26-20(19)21(25)29/h7-8,10,12-15H,2-6,9,11H2,1H3,(H2,25,29)(H,27,28)/t12-,14?,15?/m1/s1. The zero-order valence-corrected chi connectivity index (χ0v) is 16.6. The molecule has 156 valence electrons. The van der Waals surface area contributed by atoms with Crippen molar-refractivity contribution in [1.29, 1.82) is 0 Å². The number of rotatable bonds is 3. The zero-order chi connectivity index (χ0) is 20.8. The van der Waals surface area contributed by atoms with Gasteiger partial charge in [-0.1, -0.05) is 39.0 Å². The largest absolute Gasteiger partial charge is 0.364 e. The number of alkyl halides is 2. The van der Waals surface area contributed by atoms with E-state index in [9.17, 15) is 18.4 Å². The molecular formula is C22H27F2N3O2. The van der Waals surface area contributed by atoms with Gasteiger partial charge in [-0.05, 0) is 24.3 Å². The fourth-order valence-corrected chi connectivity index (χ4v) is 5.42. The number of nitrogens with zero attached hydrogens (tertiary/aromatic N) is 1. The number of aromatic amines is 1. The second kappa shape index (κ2) is 7.50. The number of hydrogen-bond acceptors (Lipinski definition) is 3. The van der Waals surface area contributed by atoms with Crippen LogP contribution in [-0.2, 0) is 0 Å². The molecule has 0 saturated heterocycles. The third-order valence-electron chi connectivity index (χ3n) is 7.01. The van der Waals surface area contributed by atoms with Gasteiger partial charge in [0.25, 0.3) is 11.8 Å². The average Bonchev–Trinajstić information content (AvgIpc) is 2.69. The van der Waals surface area contributed by atoms with Gasteiger partial charge in [0, 0.05) is 36.2 Å². The Balaban J connectivity index is 1.80. The molecule has 0 aliphatic heterocycles. The number of halogens is 2. The number of carbonyl (C=O) groups excluding carboxylic acids is 1. The van der Waals surface area contributed by atoms with E-state index in [0.717, 1.165) is 25.7 Å². The second-order valence-corrected chi connectivity index (χ2v) is 8.81. The molecule has 2 saturated carbocycles. The summed E-state index contributed by atoms with van der Waals surface area (Å²) in [6, 6.07) is 2.97. The van der Waals surface area contributed by atoms with Gasteiger partial charge < -0.3 is 10.7 Å². The van der Waals surface area contributed by atoms with E-state index >= 15 is 0 Å². The minimum atomic E-state index is -2.77. The number of carbonyl (C=O) groups is 1. The van der Waals surface area contributed by atoms with Crippen molar-refractivity contribution in [3.05, 3.63) is 39.9 Å². The number of H-pyrrole nitrogens is 1. The van der Waals surface area contributed by atoms with Crippen LogP contribution in [0.2, 0.25) is 0 Å². The van der Waals surface area contributed by atoms with Gasteiger partial charge in [-0.25, -0.2) is 8.78 Å². The van der Waals surface area contributed by atoms with E-state index in [2.05, 4.69) is 9.97 Å². The summed E-state index contributed by atoms with van der Waals surface area (Å²) in [4.78, 5) is 31.6. The molecule has 2 aliphatic carbocycles. The number of nitrogens with one attached hydrogen (secondary N) is 1. The van der Waals surface area contributed by atoms with E-state index in [1.807, 2.05) is 0 Å². The highest BCUT2D eigenvalue weighted by Crippen LogP contribution is 2.52. The first-order valence-corrected chi connectivity index (χ1v) is 10.5. The topological polar surface area (TPSA) is 88.8 Å². The fraction of sp³-hybridized carbons (Fsp3) is 0.591. The minimum absolute atomic E-state index is 0.0956. The summed E-state index contributed by atoms with van der Waals surface area (Å²) in [5, 5.41) is 0.119. The molecule has 0 bridgehead atoms. The maximum absolute atomic E-state index is 14.7. The van der Waals surface area contributed by atoms with Crippen molar-refractivity contribution in [1.82, 2.24) is 9.97 Å². The van der Waals surface area contributed by atoms with Gasteiger partial charge in [0.05, 0.1) is 10.9 Å². The van der Waals surface area contributed by atoms with Crippen LogP contribution < -0.4 is 11.2 Å². The molecule has 7 heteroatoms. The first-order chi connectivity index (χ1) is 13.8. The number of primary amides is 1. The van der Waals surface area contributed by atoms with E-state index in [1.54, 1.807) is 13.0 Å². The molecule has 0 radical (unpaired) electrons. The van der Waals surface area contributed by atoms with Gasteiger partial charge in [0.1, 0.15) is 5.69 Å². The minimum Gasteiger partial charge on any atom is -0.364 e. The summed E-state index contributed by atoms with van der Waals surface area (Å²) in [5.41, 5.74) is 5.80. The van der Waals surface area contributed by atoms with Crippen LogP contribution in [0.5, 0.6) is 0 Å². The van der Waals surface area contributed by atoms with Gasteiger partial charge in [0.15, 0.2) is 5.43 Å². The molecule has 2 heterocycles. The maximum atomic E-state index is 14.7. The van der Waals surface area contributed by atoms with Crippen LogP contribution in [0.3, 0.4) is 0 Å². The number of pyridine rings is 2. The molecule has 5 nitrogen and oxygen atoms in total. The molecular weight excluding hydrogens is 376 g/mol. The van der Waals surface area contributed by atoms with Crippen molar-refractivity contribution in [2.45, 2.75) is 63.7 Å². The number of nitrogens with two attached hydrogens (primary N) is 1. The van der Waals surface area contributed by atoms with Crippen molar-refractivity contribution in [2.24, 2.45) is 23.5 Å². The van der Waals surface area contributed by atoms with Crippen LogP contribution in [0.25, 0.3) is 10.9 Å². The van der Waals surface area contributed by atoms with Crippen LogP contribution in [0.1, 0.15) is 74.0 Å². The summed E-state index contributed by atoms with van der Waals surface area (Å²) in [6.45, 7) is 1.64. The Morgan fingerprint density at radius 1 is 1.28 bits per heavy atom. The van der Waals surface area contributed by atoms with Crippen LogP contribution in [0.4, 0.5) is 8.78 Å². The van der Waals surface area contributed by atoms with Crippen molar-refractivity contribution in [3.8, 4) is 0 Å². The van der Waals surface area contributed by atoms with Gasteiger partial charge in [-0.2, -0.15) is 0 Å². The molecule has 1 amide bonds. The molecule has 2 unspecified atom stereocenters. The Bertz CT molecular complexity index is 982. The molecule has 2 aromatic heterocycles. The van der Waals surface area contributed by atoms with Crippen LogP contribution >= 0.6 is 0 Å². The second-order valence-electron chi connectivity index (χ2n) is 8.81. The first-order valence-electron chi connectivity index (χ1n) is 10.5. The number of amides is 1. The smallest absolute Gasteiger partial charge is 0.268 e. The molecule has 29 heavy (non-hydrogen) atoms. The highest BCUT2D eigenvalue weighted by molar-refractivity contribution is 6.03. The fourth-order valence-electron chi connectivity index (χ4n) is 5.42. The molecule has 3 N–H and O–H groups in total. The Hall–Kier alpha value is -2.31. The Morgan fingerprint density at radius 2 is 2.00 bits per heavy atom. The average molecular weight is 403 g/mol. The summed E-state index contributed by atoms with van der Waals surface area (Å²) in [5.74, 6) is -4.10. The number of aromatic nitrogens is 2. The third-order valence-corrected chi connectivity index (χ3v) is 7.01. The molecule has 0 aromatic carbocycles. The lowest BCUT2D eigenvalue weighted by atomic mass is 9.63. The van der Waals surface area contributed by atoms with Crippen LogP contribution in [0, 0.1) is 17.8 Å². The SMILES string of the molecule is C[C@@H]1CC(C2CCCCC2)C(c2cc(=O)c3c(C(N)=O)nccc3[nH]2)CC1(F)F. The van der Waals surface area contributed by atoms with E-state index in [0.29, 0.717) is 23.5 Å². The lowest BCUT2D eigenvalue weighted by Crippen LogP contribution is -2.41. The predicted molar refractivity (Wildman–Crippen MR) is 107 cm³/mol. The van der Waals surface area contributed by atoms with Crippen LogP contribution in [0.15, 0.2) is 23.1 Å². The van der Waals surface area contributed by atoms with Gasteiger partial charge in [-0.3, -0.25) is 14.6 Å². The monoisotopic (exact) mass is 403 g/mol. The molecule has 2 aromatic rings. The number of hydrogen-bond donors (Lipinski definition) is 2. The summed E-state index contributed by atoms with van der Waals surface area (Å²) in [6.07, 6.45) is 7.21. The van der Waals surface area contributed by atoms with Gasteiger partial charge in [-0.15, -0.1) is 0 Å². The van der Waals surface area contributed by atoms with Gasteiger partial charge >= 0.3 is 0 Å². The summed E-state index contributed by atoms with van der Waals surface area (Å²) in [7, 11) is 0. The molecule has 0 spiro atoms. The van der Waals surface area contributed by atoms with E-state index in [1.165, 1.54) is 18.7 Å². The van der Waals surface area contributed by atoms with Crippen molar-refractivity contribution >= 4 is 16.8 Å². The Labute approximate surface area is 168 Å². The molecule has 3 atom stereocenters. The van der Waals surface area contributed by atoms with E-state index < -0.39 is 29.1 Å². The molecule has 2 aliphatic rings. The van der Waals surface area contributed by atoms with Gasteiger partial charge in [0.2, 0.25) is 0 Å². The molecule has 2 fully saturated rings. The summed E-state index contributed by atoms with van der Waals surface area (Å²) >= 11 is 0. The van der Waals surface area contributed by atoms with Crippen molar-refractivity contribution in [2.75, 3.05) is 0 Å². The zero-order valence-electron chi connectivity index (χ0n) is 16.6. The van der Waals surface area contributed by atoms with E-state index in [-0.39, 0.29) is 23.4 Å². The third kappa shape index (κ3) is 3.67.